The topological polar surface area (TPSA) is 40.5 Å². The molecule has 0 fully saturated rings. The molecule has 0 radical (unpaired) electrons. The van der Waals surface area contributed by atoms with Gasteiger partial charge >= 0.3 is 0 Å². The van der Waals surface area contributed by atoms with Crippen LogP contribution in [-0.4, -0.2) is 16.8 Å². The lowest BCUT2D eigenvalue weighted by Gasteiger charge is -2.34. The first-order valence-corrected chi connectivity index (χ1v) is 9.57. The predicted molar refractivity (Wildman–Crippen MR) is 113 cm³/mol. The van der Waals surface area contributed by atoms with E-state index in [9.17, 15) is 10.2 Å². The van der Waals surface area contributed by atoms with Crippen LogP contribution >= 0.6 is 0 Å². The predicted octanol–water partition coefficient (Wildman–Crippen LogP) is 5.99. The van der Waals surface area contributed by atoms with Crippen LogP contribution in [0.5, 0.6) is 5.75 Å². The Kier molecular flexibility index (Phi) is 5.05. The Morgan fingerprint density at radius 1 is 0.815 bits per heavy atom. The van der Waals surface area contributed by atoms with Gasteiger partial charge in [-0.1, -0.05) is 95.3 Å². The third kappa shape index (κ3) is 3.59. The van der Waals surface area contributed by atoms with E-state index in [4.69, 9.17) is 0 Å². The zero-order chi connectivity index (χ0) is 19.8. The largest absolute Gasteiger partial charge is 0.507 e. The number of rotatable bonds is 4. The summed E-state index contributed by atoms with van der Waals surface area (Å²) in [6.07, 6.45) is 0. The minimum Gasteiger partial charge on any atom is -0.507 e. The highest BCUT2D eigenvalue weighted by Gasteiger charge is 2.32. The number of benzene rings is 3. The zero-order valence-corrected chi connectivity index (χ0v) is 17.0. The van der Waals surface area contributed by atoms with Crippen LogP contribution in [0.1, 0.15) is 57.2 Å². The van der Waals surface area contributed by atoms with Crippen LogP contribution in [0.15, 0.2) is 60.7 Å². The Morgan fingerprint density at radius 2 is 1.37 bits per heavy atom. The number of aromatic hydroxyl groups is 1. The Bertz CT molecular complexity index is 934. The van der Waals surface area contributed by atoms with Gasteiger partial charge in [-0.25, -0.2) is 0 Å². The second-order valence-corrected chi connectivity index (χ2v) is 9.16. The first-order chi connectivity index (χ1) is 12.7. The molecule has 3 aromatic rings. The molecular weight excluding hydrogens is 332 g/mol. The van der Waals surface area contributed by atoms with Crippen molar-refractivity contribution in [3.63, 3.8) is 0 Å². The van der Waals surface area contributed by atoms with Crippen molar-refractivity contribution in [1.29, 1.82) is 0 Å². The van der Waals surface area contributed by atoms with Gasteiger partial charge in [0.15, 0.2) is 0 Å². The van der Waals surface area contributed by atoms with Gasteiger partial charge in [-0.05, 0) is 21.9 Å². The van der Waals surface area contributed by atoms with Gasteiger partial charge in [0.2, 0.25) is 0 Å². The van der Waals surface area contributed by atoms with Crippen molar-refractivity contribution < 1.29 is 10.2 Å². The highest BCUT2D eigenvalue weighted by molar-refractivity contribution is 5.93. The summed E-state index contributed by atoms with van der Waals surface area (Å²) in [5, 5.41) is 22.8. The highest BCUT2D eigenvalue weighted by atomic mass is 16.3. The normalized spacial score (nSPS) is 13.7. The molecule has 0 amide bonds. The summed E-state index contributed by atoms with van der Waals surface area (Å²) in [6, 6.07) is 20.7. The first-order valence-electron chi connectivity index (χ1n) is 9.57. The van der Waals surface area contributed by atoms with Crippen molar-refractivity contribution in [2.24, 2.45) is 5.41 Å². The molecule has 27 heavy (non-hydrogen) atoms. The molecule has 0 aliphatic heterocycles. The summed E-state index contributed by atoms with van der Waals surface area (Å²) in [5.74, 6) is 0.437. The number of aliphatic hydroxyl groups excluding tert-OH is 1. The van der Waals surface area contributed by atoms with Crippen molar-refractivity contribution in [3.8, 4) is 5.75 Å². The average Bonchev–Trinajstić information content (AvgIpc) is 2.63. The molecule has 3 aromatic carbocycles. The van der Waals surface area contributed by atoms with E-state index in [2.05, 4.69) is 57.2 Å². The van der Waals surface area contributed by atoms with Crippen molar-refractivity contribution >= 4 is 10.8 Å². The molecular formula is C25H30O2. The van der Waals surface area contributed by atoms with E-state index in [0.29, 0.717) is 0 Å². The molecule has 0 saturated heterocycles. The number of phenols is 1. The second-order valence-electron chi connectivity index (χ2n) is 9.16. The summed E-state index contributed by atoms with van der Waals surface area (Å²) < 4.78 is 0. The van der Waals surface area contributed by atoms with E-state index in [-0.39, 0.29) is 23.7 Å². The Morgan fingerprint density at radius 3 is 1.93 bits per heavy atom. The maximum Gasteiger partial charge on any atom is 0.127 e. The van der Waals surface area contributed by atoms with E-state index in [0.717, 1.165) is 16.3 Å². The van der Waals surface area contributed by atoms with Gasteiger partial charge in [0.1, 0.15) is 5.75 Å². The molecule has 1 atom stereocenters. The van der Waals surface area contributed by atoms with E-state index in [1.54, 1.807) is 0 Å². The average molecular weight is 363 g/mol. The molecule has 0 aliphatic carbocycles. The smallest absolute Gasteiger partial charge is 0.127 e. The van der Waals surface area contributed by atoms with Crippen molar-refractivity contribution in [2.45, 2.75) is 46.0 Å². The molecule has 0 aliphatic rings. The van der Waals surface area contributed by atoms with Crippen LogP contribution in [0.25, 0.3) is 10.8 Å². The van der Waals surface area contributed by atoms with Gasteiger partial charge in [-0.15, -0.1) is 0 Å². The molecule has 0 bridgehead atoms. The Balaban J connectivity index is 2.40. The molecule has 142 valence electrons. The maximum absolute atomic E-state index is 11.0. The van der Waals surface area contributed by atoms with Gasteiger partial charge in [-0.2, -0.15) is 0 Å². The Hall–Kier alpha value is -2.32. The molecule has 2 heteroatoms. The fourth-order valence-electron chi connectivity index (χ4n) is 4.02. The minimum atomic E-state index is -0.526. The van der Waals surface area contributed by atoms with Crippen LogP contribution < -0.4 is 0 Å². The standard InChI is InChI=1S/C25H30O2/c1-24(2,3)22(17-11-7-6-8-12-17)20-15-21(25(4,5)16-26)23(27)19-14-10-9-13-18(19)20/h6-15,22,26-27H,16H2,1-5H3. The van der Waals surface area contributed by atoms with Crippen molar-refractivity contribution in [1.82, 2.24) is 0 Å². The van der Waals surface area contributed by atoms with Crippen molar-refractivity contribution in [3.05, 3.63) is 77.4 Å². The number of phenolic OH excluding ortho intramolecular Hbond substituents is 1. The third-order valence-electron chi connectivity index (χ3n) is 5.48. The molecule has 0 spiro atoms. The Labute approximate surface area is 162 Å². The quantitative estimate of drug-likeness (QED) is 0.598. The van der Waals surface area contributed by atoms with Gasteiger partial charge in [0.25, 0.3) is 0 Å². The fourth-order valence-corrected chi connectivity index (χ4v) is 4.02. The van der Waals surface area contributed by atoms with Gasteiger partial charge in [0.05, 0.1) is 6.61 Å². The summed E-state index contributed by atoms with van der Waals surface area (Å²) in [5.41, 5.74) is 2.71. The van der Waals surface area contributed by atoms with Crippen LogP contribution in [-0.2, 0) is 5.41 Å². The van der Waals surface area contributed by atoms with E-state index in [1.165, 1.54) is 11.1 Å². The van der Waals surface area contributed by atoms with Gasteiger partial charge < -0.3 is 10.2 Å². The SMILES string of the molecule is CC(C)(CO)c1cc(C(c2ccccc2)C(C)(C)C)c2ccccc2c1O. The van der Waals surface area contributed by atoms with E-state index < -0.39 is 5.41 Å². The summed E-state index contributed by atoms with van der Waals surface area (Å²) >= 11 is 0. The number of hydrogen-bond donors (Lipinski definition) is 2. The summed E-state index contributed by atoms with van der Waals surface area (Å²) in [4.78, 5) is 0. The number of aliphatic hydroxyl groups is 1. The molecule has 0 heterocycles. The molecule has 1 unspecified atom stereocenters. The summed E-state index contributed by atoms with van der Waals surface area (Å²) in [6.45, 7) is 10.7. The molecule has 0 aromatic heterocycles. The van der Waals surface area contributed by atoms with E-state index >= 15 is 0 Å². The number of fused-ring (bicyclic) bond motifs is 1. The van der Waals surface area contributed by atoms with Crippen LogP contribution in [0.2, 0.25) is 0 Å². The fraction of sp³-hybridized carbons (Fsp3) is 0.360. The third-order valence-corrected chi connectivity index (χ3v) is 5.48. The zero-order valence-electron chi connectivity index (χ0n) is 17.0. The molecule has 2 N–H and O–H groups in total. The number of hydrogen-bond acceptors (Lipinski definition) is 2. The molecule has 0 saturated carbocycles. The lowest BCUT2D eigenvalue weighted by Crippen LogP contribution is -2.24. The monoisotopic (exact) mass is 362 g/mol. The van der Waals surface area contributed by atoms with Crippen molar-refractivity contribution in [2.75, 3.05) is 6.61 Å². The minimum absolute atomic E-state index is 0.0122. The van der Waals surface area contributed by atoms with Crippen LogP contribution in [0.4, 0.5) is 0 Å². The summed E-state index contributed by atoms with van der Waals surface area (Å²) in [7, 11) is 0. The molecule has 3 rings (SSSR count). The highest BCUT2D eigenvalue weighted by Crippen LogP contribution is 2.47. The van der Waals surface area contributed by atoms with Gasteiger partial charge in [-0.3, -0.25) is 0 Å². The first kappa shape index (κ1) is 19.4. The molecule has 2 nitrogen and oxygen atoms in total. The van der Waals surface area contributed by atoms with E-state index in [1.807, 2.05) is 38.1 Å². The lowest BCUT2D eigenvalue weighted by molar-refractivity contribution is 0.215. The lowest BCUT2D eigenvalue weighted by atomic mass is 9.70. The second kappa shape index (κ2) is 7.01. The van der Waals surface area contributed by atoms with Crippen LogP contribution in [0.3, 0.4) is 0 Å². The maximum atomic E-state index is 11.0. The van der Waals surface area contributed by atoms with Gasteiger partial charge in [0, 0.05) is 22.3 Å². The van der Waals surface area contributed by atoms with Crippen LogP contribution in [0, 0.1) is 5.41 Å².